The zero-order chi connectivity index (χ0) is 31.3. The molecule has 3 amide bonds. The summed E-state index contributed by atoms with van der Waals surface area (Å²) >= 11 is 2.48. The third-order valence-electron chi connectivity index (χ3n) is 6.91. The number of carboxylic acids is 1. The lowest BCUT2D eigenvalue weighted by Crippen LogP contribution is -2.39. The fourth-order valence-electron chi connectivity index (χ4n) is 4.88. The number of aliphatic carboxylic acids is 1. The number of benzene rings is 1. The first-order valence-corrected chi connectivity index (χ1v) is 15.6. The van der Waals surface area contributed by atoms with Crippen LogP contribution in [0.1, 0.15) is 54.4 Å². The van der Waals surface area contributed by atoms with Crippen molar-refractivity contribution in [3.63, 3.8) is 0 Å². The van der Waals surface area contributed by atoms with E-state index in [1.807, 2.05) is 6.08 Å². The summed E-state index contributed by atoms with van der Waals surface area (Å²) in [6.07, 6.45) is 4.25. The van der Waals surface area contributed by atoms with E-state index in [1.54, 1.807) is 56.0 Å². The van der Waals surface area contributed by atoms with Gasteiger partial charge in [-0.2, -0.15) is 0 Å². The topological polar surface area (TPSA) is 151 Å². The number of hydrogen-bond acceptors (Lipinski definition) is 9. The number of allylic oxidation sites excluding steroid dienone is 2. The molecule has 2 aromatic rings. The summed E-state index contributed by atoms with van der Waals surface area (Å²) in [5, 5.41) is 15.5. The van der Waals surface area contributed by atoms with Crippen molar-refractivity contribution >= 4 is 63.6 Å². The number of fused-ring (bicyclic) bond motifs is 1. The molecule has 0 saturated heterocycles. The number of thiophene rings is 1. The maximum atomic E-state index is 13.0. The van der Waals surface area contributed by atoms with Crippen LogP contribution in [0.3, 0.4) is 0 Å². The van der Waals surface area contributed by atoms with Gasteiger partial charge in [-0.3, -0.25) is 14.4 Å². The van der Waals surface area contributed by atoms with Crippen LogP contribution in [0.4, 0.5) is 15.5 Å². The largest absolute Gasteiger partial charge is 0.481 e. The summed E-state index contributed by atoms with van der Waals surface area (Å²) in [5.74, 6) is -3.68. The van der Waals surface area contributed by atoms with E-state index in [9.17, 15) is 29.1 Å². The molecular formula is C30H35N3O8S2. The molecule has 2 aliphatic rings. The molecule has 13 heteroatoms. The Morgan fingerprint density at radius 2 is 1.81 bits per heavy atom. The minimum Gasteiger partial charge on any atom is -0.481 e. The van der Waals surface area contributed by atoms with Crippen molar-refractivity contribution < 1.29 is 38.6 Å². The molecule has 0 fully saturated rings. The average molecular weight is 630 g/mol. The van der Waals surface area contributed by atoms with Crippen molar-refractivity contribution in [2.75, 3.05) is 30.0 Å². The minimum atomic E-state index is -0.998. The summed E-state index contributed by atoms with van der Waals surface area (Å²) < 4.78 is 10.5. The van der Waals surface area contributed by atoms with Crippen molar-refractivity contribution in [3.05, 3.63) is 52.4 Å². The van der Waals surface area contributed by atoms with Gasteiger partial charge in [-0.1, -0.05) is 18.2 Å². The molecule has 11 nitrogen and oxygen atoms in total. The van der Waals surface area contributed by atoms with E-state index in [2.05, 4.69) is 10.6 Å². The van der Waals surface area contributed by atoms with E-state index in [1.165, 1.54) is 30.2 Å². The van der Waals surface area contributed by atoms with Crippen LogP contribution in [-0.2, 0) is 36.8 Å². The number of nitrogens with one attached hydrogen (secondary N) is 2. The standard InChI is InChI=1S/C30H35N3O8S2/c1-30(2,3)41-29(39)33-13-12-21-22(15-33)43-26(24(21)28(38)40-4)32-23(34)16-42-18-9-7-8-17(14-18)31-25(35)19-10-5-6-11-20(19)27(36)37/h5-9,14,19-20H,10-13,15-16H2,1-4H3,(H,31,35)(H,32,34)(H,36,37). The van der Waals surface area contributed by atoms with Crippen molar-refractivity contribution in [2.24, 2.45) is 11.8 Å². The van der Waals surface area contributed by atoms with Gasteiger partial charge in [0.25, 0.3) is 0 Å². The number of ether oxygens (including phenoxy) is 2. The highest BCUT2D eigenvalue weighted by atomic mass is 32.2. The lowest BCUT2D eigenvalue weighted by atomic mass is 9.82. The molecule has 4 rings (SSSR count). The number of carbonyl (C=O) groups excluding carboxylic acids is 4. The number of carbonyl (C=O) groups is 5. The van der Waals surface area contributed by atoms with Gasteiger partial charge < -0.3 is 30.1 Å². The lowest BCUT2D eigenvalue weighted by molar-refractivity contribution is -0.146. The summed E-state index contributed by atoms with van der Waals surface area (Å²) in [4.78, 5) is 65.7. The molecule has 1 aliphatic carbocycles. The number of hydrogen-bond donors (Lipinski definition) is 3. The Hall–Kier alpha value is -3.84. The number of nitrogens with zero attached hydrogens (tertiary/aromatic N) is 1. The predicted molar refractivity (Wildman–Crippen MR) is 163 cm³/mol. The van der Waals surface area contributed by atoms with Gasteiger partial charge in [0.15, 0.2) is 0 Å². The monoisotopic (exact) mass is 629 g/mol. The Morgan fingerprint density at radius 1 is 1.09 bits per heavy atom. The molecule has 0 spiro atoms. The molecule has 2 heterocycles. The van der Waals surface area contributed by atoms with Gasteiger partial charge in [0.05, 0.1) is 36.8 Å². The molecule has 1 aromatic heterocycles. The Balaban J connectivity index is 1.39. The minimum absolute atomic E-state index is 0.0269. The fraction of sp³-hybridized carbons (Fsp3) is 0.433. The molecule has 2 unspecified atom stereocenters. The molecule has 1 aromatic carbocycles. The molecule has 43 heavy (non-hydrogen) atoms. The maximum Gasteiger partial charge on any atom is 0.410 e. The molecule has 3 N–H and O–H groups in total. The smallest absolute Gasteiger partial charge is 0.410 e. The summed E-state index contributed by atoms with van der Waals surface area (Å²) in [6, 6.07) is 6.96. The molecule has 230 valence electrons. The van der Waals surface area contributed by atoms with E-state index in [4.69, 9.17) is 9.47 Å². The van der Waals surface area contributed by atoms with Gasteiger partial charge in [-0.05, 0) is 63.8 Å². The van der Waals surface area contributed by atoms with E-state index >= 15 is 0 Å². The zero-order valence-corrected chi connectivity index (χ0v) is 26.1. The van der Waals surface area contributed by atoms with Gasteiger partial charge in [0.2, 0.25) is 11.8 Å². The second kappa shape index (κ2) is 13.6. The number of thioether (sulfide) groups is 1. The molecule has 1 aliphatic heterocycles. The number of amides is 3. The third kappa shape index (κ3) is 8.17. The number of carboxylic acid groups (broad SMARTS) is 1. The third-order valence-corrected chi connectivity index (χ3v) is 9.03. The highest BCUT2D eigenvalue weighted by molar-refractivity contribution is 8.00. The van der Waals surface area contributed by atoms with Crippen LogP contribution < -0.4 is 10.6 Å². The predicted octanol–water partition coefficient (Wildman–Crippen LogP) is 5.16. The first kappa shape index (κ1) is 32.1. The quantitative estimate of drug-likeness (QED) is 0.204. The van der Waals surface area contributed by atoms with E-state index in [-0.39, 0.29) is 24.1 Å². The van der Waals surface area contributed by atoms with Crippen molar-refractivity contribution in [1.29, 1.82) is 0 Å². The number of rotatable bonds is 8. The van der Waals surface area contributed by atoms with Crippen LogP contribution in [0.25, 0.3) is 0 Å². The van der Waals surface area contributed by atoms with Crippen molar-refractivity contribution in [2.45, 2.75) is 57.1 Å². The number of esters is 1. The number of methoxy groups -OCH3 is 1. The van der Waals surface area contributed by atoms with Gasteiger partial charge in [0.1, 0.15) is 10.6 Å². The fourth-order valence-corrected chi connectivity index (χ4v) is 6.90. The Labute approximate surface area is 258 Å². The summed E-state index contributed by atoms with van der Waals surface area (Å²) in [6.45, 7) is 6.01. The van der Waals surface area contributed by atoms with Crippen LogP contribution >= 0.6 is 23.1 Å². The summed E-state index contributed by atoms with van der Waals surface area (Å²) in [5.41, 5.74) is 0.915. The second-order valence-corrected chi connectivity index (χ2v) is 13.4. The Bertz CT molecular complexity index is 1450. The maximum absolute atomic E-state index is 13.0. The van der Waals surface area contributed by atoms with Crippen LogP contribution in [0.2, 0.25) is 0 Å². The van der Waals surface area contributed by atoms with E-state index in [0.29, 0.717) is 42.1 Å². The number of anilines is 2. The highest BCUT2D eigenvalue weighted by Gasteiger charge is 2.34. The molecular weight excluding hydrogens is 594 g/mol. The SMILES string of the molecule is COC(=O)c1c(NC(=O)CSc2cccc(NC(=O)C3CC=CCC3C(=O)O)c2)sc2c1CCN(C(=O)OC(C)(C)C)C2. The second-order valence-electron chi connectivity index (χ2n) is 11.2. The zero-order valence-electron chi connectivity index (χ0n) is 24.4. The molecule has 0 bridgehead atoms. The van der Waals surface area contributed by atoms with Gasteiger partial charge in [-0.15, -0.1) is 23.1 Å². The lowest BCUT2D eigenvalue weighted by Gasteiger charge is -2.30. The Kier molecular flexibility index (Phi) is 10.2. The highest BCUT2D eigenvalue weighted by Crippen LogP contribution is 2.38. The first-order chi connectivity index (χ1) is 20.4. The first-order valence-electron chi connectivity index (χ1n) is 13.8. The van der Waals surface area contributed by atoms with E-state index < -0.39 is 35.5 Å². The van der Waals surface area contributed by atoms with Crippen LogP contribution in [0, 0.1) is 11.8 Å². The van der Waals surface area contributed by atoms with Crippen LogP contribution in [0.5, 0.6) is 0 Å². The molecule has 0 radical (unpaired) electrons. The molecule has 0 saturated carbocycles. The van der Waals surface area contributed by atoms with Crippen LogP contribution in [-0.4, -0.2) is 64.9 Å². The van der Waals surface area contributed by atoms with Gasteiger partial charge in [-0.25, -0.2) is 9.59 Å². The van der Waals surface area contributed by atoms with E-state index in [0.717, 1.165) is 15.3 Å². The van der Waals surface area contributed by atoms with Crippen LogP contribution in [0.15, 0.2) is 41.3 Å². The normalized spacial score (nSPS) is 17.9. The average Bonchev–Trinajstić information content (AvgIpc) is 3.31. The van der Waals surface area contributed by atoms with Crippen molar-refractivity contribution in [3.8, 4) is 0 Å². The molecule has 2 atom stereocenters. The Morgan fingerprint density at radius 3 is 2.49 bits per heavy atom. The van der Waals surface area contributed by atoms with Gasteiger partial charge in [0, 0.05) is 22.0 Å². The van der Waals surface area contributed by atoms with Gasteiger partial charge >= 0.3 is 18.0 Å². The van der Waals surface area contributed by atoms with Crippen molar-refractivity contribution in [1.82, 2.24) is 4.90 Å². The summed E-state index contributed by atoms with van der Waals surface area (Å²) in [7, 11) is 1.28.